The van der Waals surface area contributed by atoms with Gasteiger partial charge in [-0.05, 0) is 104 Å². The quantitative estimate of drug-likeness (QED) is 0.244. The van der Waals surface area contributed by atoms with Gasteiger partial charge in [0.1, 0.15) is 5.82 Å². The molecule has 0 unspecified atom stereocenters. The number of carbonyl (C=O) groups excluding carboxylic acids is 1. The monoisotopic (exact) mass is 553 g/mol. The molecule has 6 rings (SSSR count). The van der Waals surface area contributed by atoms with Crippen LogP contribution in [0.3, 0.4) is 0 Å². The van der Waals surface area contributed by atoms with Gasteiger partial charge in [-0.2, -0.15) is 0 Å². The van der Waals surface area contributed by atoms with Crippen molar-refractivity contribution in [2.24, 2.45) is 0 Å². The number of nitrogens with zero attached hydrogens (tertiary/aromatic N) is 3. The number of nitrogens with one attached hydrogen (secondary N) is 1. The third kappa shape index (κ3) is 5.93. The number of fused-ring (bicyclic) bond motifs is 1. The van der Waals surface area contributed by atoms with Crippen molar-refractivity contribution < 1.29 is 4.79 Å². The average Bonchev–Trinajstić information content (AvgIpc) is 3.65. The summed E-state index contributed by atoms with van der Waals surface area (Å²) in [5, 5.41) is 5.08. The van der Waals surface area contributed by atoms with Crippen LogP contribution in [0.2, 0.25) is 5.02 Å². The Labute approximate surface area is 241 Å². The number of benzene rings is 3. The Morgan fingerprint density at radius 1 is 0.950 bits per heavy atom. The lowest BCUT2D eigenvalue weighted by molar-refractivity contribution is 0.0710. The van der Waals surface area contributed by atoms with Crippen molar-refractivity contribution in [1.29, 1.82) is 0 Å². The minimum atomic E-state index is 0.0986. The zero-order valence-electron chi connectivity index (χ0n) is 22.8. The molecule has 2 aliphatic heterocycles. The van der Waals surface area contributed by atoms with Gasteiger partial charge in [0, 0.05) is 41.8 Å². The van der Waals surface area contributed by atoms with Gasteiger partial charge in [-0.3, -0.25) is 4.79 Å². The Morgan fingerprint density at radius 3 is 2.55 bits per heavy atom. The van der Waals surface area contributed by atoms with Crippen molar-refractivity contribution in [2.75, 3.05) is 43.8 Å². The number of carbonyl (C=O) groups is 1. The Hall–Kier alpha value is -3.61. The van der Waals surface area contributed by atoms with Crippen molar-refractivity contribution in [3.63, 3.8) is 0 Å². The predicted octanol–water partition coefficient (Wildman–Crippen LogP) is 6.49. The highest BCUT2D eigenvalue weighted by molar-refractivity contribution is 6.30. The second-order valence-corrected chi connectivity index (χ2v) is 11.5. The van der Waals surface area contributed by atoms with Crippen LogP contribution in [0.4, 0.5) is 11.5 Å². The van der Waals surface area contributed by atoms with Gasteiger partial charge in [-0.15, -0.1) is 0 Å². The molecular formula is C33H36ClN5O. The molecule has 40 heavy (non-hydrogen) atoms. The van der Waals surface area contributed by atoms with Gasteiger partial charge in [0.05, 0.1) is 11.1 Å². The van der Waals surface area contributed by atoms with Crippen LogP contribution in [0.25, 0.3) is 22.0 Å². The molecule has 7 heteroatoms. The number of halogens is 1. The second kappa shape index (κ2) is 11.9. The number of anilines is 2. The first-order chi connectivity index (χ1) is 19.5. The lowest BCUT2D eigenvalue weighted by atomic mass is 9.99. The molecule has 1 amide bonds. The van der Waals surface area contributed by atoms with Gasteiger partial charge >= 0.3 is 0 Å². The first-order valence-electron chi connectivity index (χ1n) is 14.4. The minimum absolute atomic E-state index is 0.0986. The fourth-order valence-electron chi connectivity index (χ4n) is 6.09. The van der Waals surface area contributed by atoms with Crippen LogP contribution >= 0.6 is 11.6 Å². The van der Waals surface area contributed by atoms with Crippen molar-refractivity contribution in [1.82, 2.24) is 14.8 Å². The van der Waals surface area contributed by atoms with Crippen molar-refractivity contribution in [2.45, 2.75) is 38.1 Å². The molecule has 2 aliphatic rings. The largest absolute Gasteiger partial charge is 0.399 e. The van der Waals surface area contributed by atoms with E-state index in [0.29, 0.717) is 17.9 Å². The smallest absolute Gasteiger partial charge is 0.254 e. The SMILES string of the molecule is Nc1ccc(-c2ccc3nc(NCCc4cccc(Cl)c4)cc(C(=O)N4CCC[C@H]4CN4CCCC4)c3c2)cc1. The fourth-order valence-corrected chi connectivity index (χ4v) is 6.30. The molecule has 0 radical (unpaired) electrons. The van der Waals surface area contributed by atoms with Crippen LogP contribution in [0.5, 0.6) is 0 Å². The zero-order chi connectivity index (χ0) is 27.5. The molecule has 0 saturated carbocycles. The normalized spacial score (nSPS) is 17.5. The first kappa shape index (κ1) is 26.6. The topological polar surface area (TPSA) is 74.5 Å². The number of pyridine rings is 1. The molecule has 206 valence electrons. The number of nitrogen functional groups attached to an aromatic ring is 1. The highest BCUT2D eigenvalue weighted by atomic mass is 35.5. The predicted molar refractivity (Wildman–Crippen MR) is 165 cm³/mol. The molecule has 0 bridgehead atoms. The van der Waals surface area contributed by atoms with E-state index in [1.165, 1.54) is 12.8 Å². The average molecular weight is 554 g/mol. The van der Waals surface area contributed by atoms with E-state index in [0.717, 1.165) is 83.7 Å². The van der Waals surface area contributed by atoms with Gasteiger partial charge in [0.2, 0.25) is 0 Å². The molecule has 0 aliphatic carbocycles. The van der Waals surface area contributed by atoms with Gasteiger partial charge < -0.3 is 20.9 Å². The van der Waals surface area contributed by atoms with Crippen LogP contribution in [-0.2, 0) is 6.42 Å². The maximum absolute atomic E-state index is 14.2. The van der Waals surface area contributed by atoms with Crippen LogP contribution < -0.4 is 11.1 Å². The van der Waals surface area contributed by atoms with Crippen molar-refractivity contribution >= 4 is 39.9 Å². The van der Waals surface area contributed by atoms with E-state index < -0.39 is 0 Å². The molecule has 6 nitrogen and oxygen atoms in total. The first-order valence-corrected chi connectivity index (χ1v) is 14.7. The Morgan fingerprint density at radius 2 is 1.75 bits per heavy atom. The molecule has 2 saturated heterocycles. The molecule has 2 fully saturated rings. The maximum atomic E-state index is 14.2. The van der Waals surface area contributed by atoms with Crippen LogP contribution in [-0.4, -0.2) is 59.5 Å². The lowest BCUT2D eigenvalue weighted by Crippen LogP contribution is -2.42. The van der Waals surface area contributed by atoms with Gasteiger partial charge in [-0.1, -0.05) is 41.9 Å². The summed E-state index contributed by atoms with van der Waals surface area (Å²) < 4.78 is 0. The number of hydrogen-bond donors (Lipinski definition) is 2. The van der Waals surface area contributed by atoms with Crippen molar-refractivity contribution in [3.8, 4) is 11.1 Å². The summed E-state index contributed by atoms with van der Waals surface area (Å²) in [5.41, 5.74) is 11.4. The molecule has 0 spiro atoms. The fraction of sp³-hybridized carbons (Fsp3) is 0.333. The number of nitrogens with two attached hydrogens (primary N) is 1. The Balaban J connectivity index is 1.32. The second-order valence-electron chi connectivity index (χ2n) is 11.0. The Bertz CT molecular complexity index is 1500. The molecule has 3 N–H and O–H groups in total. The Kier molecular flexibility index (Phi) is 7.89. The van der Waals surface area contributed by atoms with E-state index in [2.05, 4.69) is 33.3 Å². The zero-order valence-corrected chi connectivity index (χ0v) is 23.5. The minimum Gasteiger partial charge on any atom is -0.399 e. The molecular weight excluding hydrogens is 518 g/mol. The molecule has 4 aromatic rings. The summed E-state index contributed by atoms with van der Waals surface area (Å²) in [7, 11) is 0. The van der Waals surface area contributed by atoms with E-state index in [1.54, 1.807) is 0 Å². The third-order valence-corrected chi connectivity index (χ3v) is 8.43. The van der Waals surface area contributed by atoms with Gasteiger partial charge in [0.15, 0.2) is 0 Å². The summed E-state index contributed by atoms with van der Waals surface area (Å²) in [6.07, 6.45) is 5.44. The standard InChI is InChI=1S/C33H36ClN5O/c34-26-6-3-5-23(19-26)14-15-36-32-21-30(33(40)39-18-4-7-28(39)22-38-16-1-2-17-38)29-20-25(10-13-31(29)37-32)24-8-11-27(35)12-9-24/h3,5-6,8-13,19-21,28H,1-2,4,7,14-18,22,35H2,(H,36,37)/t28-/m0/s1. The van der Waals surface area contributed by atoms with Crippen LogP contribution in [0, 0.1) is 0 Å². The van der Waals surface area contributed by atoms with E-state index in [-0.39, 0.29) is 11.9 Å². The van der Waals surface area contributed by atoms with Crippen LogP contribution in [0.1, 0.15) is 41.6 Å². The number of amides is 1. The number of rotatable bonds is 8. The van der Waals surface area contributed by atoms with E-state index in [9.17, 15) is 4.79 Å². The van der Waals surface area contributed by atoms with E-state index in [1.807, 2.05) is 54.6 Å². The molecule has 1 atom stereocenters. The molecule has 3 aromatic carbocycles. The summed E-state index contributed by atoms with van der Waals surface area (Å²) in [6, 6.07) is 24.1. The van der Waals surface area contributed by atoms with E-state index in [4.69, 9.17) is 22.3 Å². The third-order valence-electron chi connectivity index (χ3n) is 8.20. The number of likely N-dealkylation sites (tertiary alicyclic amines) is 2. The number of hydrogen-bond acceptors (Lipinski definition) is 5. The number of aromatic nitrogens is 1. The molecule has 3 heterocycles. The van der Waals surface area contributed by atoms with Crippen molar-refractivity contribution in [3.05, 3.63) is 88.9 Å². The van der Waals surface area contributed by atoms with E-state index >= 15 is 0 Å². The van der Waals surface area contributed by atoms with Gasteiger partial charge in [-0.25, -0.2) is 4.98 Å². The lowest BCUT2D eigenvalue weighted by Gasteiger charge is -2.29. The summed E-state index contributed by atoms with van der Waals surface area (Å²) in [6.45, 7) is 4.74. The van der Waals surface area contributed by atoms with Gasteiger partial charge in [0.25, 0.3) is 5.91 Å². The maximum Gasteiger partial charge on any atom is 0.254 e. The highest BCUT2D eigenvalue weighted by Gasteiger charge is 2.32. The summed E-state index contributed by atoms with van der Waals surface area (Å²) >= 11 is 6.17. The molecule has 1 aromatic heterocycles. The summed E-state index contributed by atoms with van der Waals surface area (Å²) in [5.74, 6) is 0.815. The van der Waals surface area contributed by atoms with Crippen LogP contribution in [0.15, 0.2) is 72.8 Å². The highest BCUT2D eigenvalue weighted by Crippen LogP contribution is 2.31. The summed E-state index contributed by atoms with van der Waals surface area (Å²) in [4.78, 5) is 23.8.